The normalized spacial score (nSPS) is 16.9. The van der Waals surface area contributed by atoms with Gasteiger partial charge < -0.3 is 14.6 Å². The molecule has 1 amide bonds. The van der Waals surface area contributed by atoms with E-state index < -0.39 is 23.4 Å². The predicted octanol–water partition coefficient (Wildman–Crippen LogP) is 5.64. The molecule has 0 spiro atoms. The first-order chi connectivity index (χ1) is 13.0. The second-order valence-electron chi connectivity index (χ2n) is 8.24. The Morgan fingerprint density at radius 3 is 2.57 bits per heavy atom. The Morgan fingerprint density at radius 1 is 1.29 bits per heavy atom. The molecular formula is C20H30F3N3O2. The molecule has 5 nitrogen and oxygen atoms in total. The van der Waals surface area contributed by atoms with Gasteiger partial charge in [0.2, 0.25) is 0 Å². The SMILES string of the molecule is CC(C)(C)OC(=O)NCCC/C(=C\c1cn(C2CCCCC2)cn1)C(F)(F)F. The molecule has 0 unspecified atom stereocenters. The molecule has 0 atom stereocenters. The number of rotatable bonds is 6. The summed E-state index contributed by atoms with van der Waals surface area (Å²) in [5.74, 6) is 0. The molecule has 2 rings (SSSR count). The Bertz CT molecular complexity index is 669. The van der Waals surface area contributed by atoms with Gasteiger partial charge in [-0.3, -0.25) is 0 Å². The molecule has 1 saturated carbocycles. The fourth-order valence-electron chi connectivity index (χ4n) is 3.26. The van der Waals surface area contributed by atoms with Crippen molar-refractivity contribution in [3.8, 4) is 0 Å². The van der Waals surface area contributed by atoms with Gasteiger partial charge in [0.25, 0.3) is 0 Å². The number of allylic oxidation sites excluding steroid dienone is 1. The van der Waals surface area contributed by atoms with Gasteiger partial charge in [-0.15, -0.1) is 0 Å². The van der Waals surface area contributed by atoms with Gasteiger partial charge in [0.05, 0.1) is 12.0 Å². The zero-order valence-corrected chi connectivity index (χ0v) is 16.8. The average molecular weight is 401 g/mol. The van der Waals surface area contributed by atoms with Crippen molar-refractivity contribution >= 4 is 12.2 Å². The van der Waals surface area contributed by atoms with Crippen LogP contribution in [0.2, 0.25) is 0 Å². The summed E-state index contributed by atoms with van der Waals surface area (Å²) in [7, 11) is 0. The maximum Gasteiger partial charge on any atom is 0.412 e. The van der Waals surface area contributed by atoms with Gasteiger partial charge >= 0.3 is 12.3 Å². The number of alkyl carbamates (subject to hydrolysis) is 1. The molecular weight excluding hydrogens is 371 g/mol. The van der Waals surface area contributed by atoms with Crippen molar-refractivity contribution in [2.45, 2.75) is 83.5 Å². The highest BCUT2D eigenvalue weighted by atomic mass is 19.4. The van der Waals surface area contributed by atoms with Crippen LogP contribution in [-0.4, -0.2) is 34.0 Å². The monoisotopic (exact) mass is 401 g/mol. The molecule has 1 aromatic rings. The van der Waals surface area contributed by atoms with Crippen molar-refractivity contribution < 1.29 is 22.7 Å². The van der Waals surface area contributed by atoms with Crippen LogP contribution in [0, 0.1) is 0 Å². The summed E-state index contributed by atoms with van der Waals surface area (Å²) >= 11 is 0. The summed E-state index contributed by atoms with van der Waals surface area (Å²) in [6.45, 7) is 5.29. The van der Waals surface area contributed by atoms with Crippen molar-refractivity contribution in [1.29, 1.82) is 0 Å². The third-order valence-electron chi connectivity index (χ3n) is 4.60. The van der Waals surface area contributed by atoms with Gasteiger partial charge in [-0.2, -0.15) is 13.2 Å². The molecule has 0 saturated heterocycles. The fraction of sp³-hybridized carbons (Fsp3) is 0.700. The van der Waals surface area contributed by atoms with Crippen LogP contribution >= 0.6 is 0 Å². The van der Waals surface area contributed by atoms with E-state index in [1.54, 1.807) is 33.3 Å². The van der Waals surface area contributed by atoms with E-state index in [1.165, 1.54) is 6.42 Å². The Hall–Kier alpha value is -1.99. The van der Waals surface area contributed by atoms with E-state index in [0.717, 1.165) is 31.8 Å². The maximum atomic E-state index is 13.4. The number of amides is 1. The van der Waals surface area contributed by atoms with Crippen LogP contribution < -0.4 is 5.32 Å². The standard InChI is InChI=1S/C20H30F3N3O2/c1-19(2,3)28-18(27)24-11-7-8-15(20(21,22)23)12-16-13-26(14-25-16)17-9-5-4-6-10-17/h12-14,17H,4-11H2,1-3H3,(H,24,27)/b15-12+. The molecule has 28 heavy (non-hydrogen) atoms. The predicted molar refractivity (Wildman–Crippen MR) is 102 cm³/mol. The summed E-state index contributed by atoms with van der Waals surface area (Å²) < 4.78 is 47.1. The molecule has 0 aliphatic heterocycles. The van der Waals surface area contributed by atoms with Crippen LogP contribution in [-0.2, 0) is 4.74 Å². The van der Waals surface area contributed by atoms with E-state index >= 15 is 0 Å². The number of ether oxygens (including phenoxy) is 1. The summed E-state index contributed by atoms with van der Waals surface area (Å²) in [6, 6.07) is 0.329. The van der Waals surface area contributed by atoms with E-state index in [4.69, 9.17) is 4.74 Å². The highest BCUT2D eigenvalue weighted by Crippen LogP contribution is 2.32. The highest BCUT2D eigenvalue weighted by Gasteiger charge is 2.33. The van der Waals surface area contributed by atoms with Gasteiger partial charge in [0.15, 0.2) is 0 Å². The molecule has 1 fully saturated rings. The molecule has 1 aromatic heterocycles. The molecule has 0 aromatic carbocycles. The van der Waals surface area contributed by atoms with Gasteiger partial charge in [0, 0.05) is 24.4 Å². The molecule has 1 aliphatic carbocycles. The molecule has 1 heterocycles. The van der Waals surface area contributed by atoms with Gasteiger partial charge in [-0.05, 0) is 52.5 Å². The minimum Gasteiger partial charge on any atom is -0.444 e. The number of hydrogen-bond acceptors (Lipinski definition) is 3. The first-order valence-electron chi connectivity index (χ1n) is 9.83. The Labute approximate surface area is 164 Å². The number of halogens is 3. The van der Waals surface area contributed by atoms with Crippen LogP contribution in [0.5, 0.6) is 0 Å². The van der Waals surface area contributed by atoms with Crippen LogP contribution in [0.15, 0.2) is 18.1 Å². The number of nitrogens with one attached hydrogen (secondary N) is 1. The van der Waals surface area contributed by atoms with Crippen molar-refractivity contribution in [3.05, 3.63) is 23.8 Å². The topological polar surface area (TPSA) is 56.1 Å². The average Bonchev–Trinajstić information content (AvgIpc) is 3.04. The molecule has 0 bridgehead atoms. The lowest BCUT2D eigenvalue weighted by atomic mass is 9.95. The van der Waals surface area contributed by atoms with Crippen LogP contribution in [0.25, 0.3) is 6.08 Å². The molecule has 158 valence electrons. The van der Waals surface area contributed by atoms with Crippen LogP contribution in [0.3, 0.4) is 0 Å². The lowest BCUT2D eigenvalue weighted by molar-refractivity contribution is -0.0931. The van der Waals surface area contributed by atoms with E-state index in [1.807, 2.05) is 4.57 Å². The second kappa shape index (κ2) is 9.47. The number of imidazole rings is 1. The zero-order valence-electron chi connectivity index (χ0n) is 16.8. The first-order valence-corrected chi connectivity index (χ1v) is 9.83. The lowest BCUT2D eigenvalue weighted by Crippen LogP contribution is -2.33. The van der Waals surface area contributed by atoms with Gasteiger partial charge in [-0.25, -0.2) is 9.78 Å². The van der Waals surface area contributed by atoms with E-state index in [-0.39, 0.29) is 19.4 Å². The molecule has 8 heteroatoms. The van der Waals surface area contributed by atoms with Crippen molar-refractivity contribution in [1.82, 2.24) is 14.9 Å². The van der Waals surface area contributed by atoms with Crippen molar-refractivity contribution in [2.75, 3.05) is 6.54 Å². The molecule has 1 aliphatic rings. The van der Waals surface area contributed by atoms with Gasteiger partial charge in [0.1, 0.15) is 5.60 Å². The third kappa shape index (κ3) is 7.56. The fourth-order valence-corrected chi connectivity index (χ4v) is 3.26. The number of carbonyl (C=O) groups is 1. The number of alkyl halides is 3. The minimum absolute atomic E-state index is 0.110. The Balaban J connectivity index is 1.92. The highest BCUT2D eigenvalue weighted by molar-refractivity contribution is 5.67. The Morgan fingerprint density at radius 2 is 1.96 bits per heavy atom. The summed E-state index contributed by atoms with van der Waals surface area (Å²) in [6.07, 6.45) is 4.92. The molecule has 1 N–H and O–H groups in total. The third-order valence-corrected chi connectivity index (χ3v) is 4.60. The summed E-state index contributed by atoms with van der Waals surface area (Å²) in [5, 5.41) is 2.48. The molecule has 0 radical (unpaired) electrons. The largest absolute Gasteiger partial charge is 0.444 e. The summed E-state index contributed by atoms with van der Waals surface area (Å²) in [5.41, 5.74) is -0.969. The van der Waals surface area contributed by atoms with E-state index in [9.17, 15) is 18.0 Å². The smallest absolute Gasteiger partial charge is 0.412 e. The number of aromatic nitrogens is 2. The van der Waals surface area contributed by atoms with Crippen LogP contribution in [0.4, 0.5) is 18.0 Å². The number of carbonyl (C=O) groups excluding carboxylic acids is 1. The number of nitrogens with zero attached hydrogens (tertiary/aromatic N) is 2. The first kappa shape index (κ1) is 22.3. The Kier molecular flexibility index (Phi) is 7.55. The van der Waals surface area contributed by atoms with E-state index in [2.05, 4.69) is 10.3 Å². The minimum atomic E-state index is -4.43. The number of hydrogen-bond donors (Lipinski definition) is 1. The van der Waals surface area contributed by atoms with Crippen LogP contribution in [0.1, 0.15) is 77.5 Å². The van der Waals surface area contributed by atoms with Gasteiger partial charge in [-0.1, -0.05) is 19.3 Å². The summed E-state index contributed by atoms with van der Waals surface area (Å²) in [4.78, 5) is 15.7. The van der Waals surface area contributed by atoms with Crippen molar-refractivity contribution in [2.24, 2.45) is 0 Å². The quantitative estimate of drug-likeness (QED) is 0.628. The maximum absolute atomic E-state index is 13.4. The zero-order chi connectivity index (χ0) is 20.8. The second-order valence-corrected chi connectivity index (χ2v) is 8.24. The van der Waals surface area contributed by atoms with Crippen molar-refractivity contribution in [3.63, 3.8) is 0 Å². The lowest BCUT2D eigenvalue weighted by Gasteiger charge is -2.22. The van der Waals surface area contributed by atoms with E-state index in [0.29, 0.717) is 11.7 Å².